The number of hydrogen-bond donors (Lipinski definition) is 3. The Morgan fingerprint density at radius 3 is 1.89 bits per heavy atom. The van der Waals surface area contributed by atoms with Crippen LogP contribution in [0.5, 0.6) is 0 Å². The molecule has 0 aromatic rings. The standard InChI is InChI=1S/C14H36N2OSi2/c1-12(10-13(2)17)15-14(3,4)11-19(8,9)16-18(5,6)7/h12-13,15-17H,10-11H2,1-9H3. The summed E-state index contributed by atoms with van der Waals surface area (Å²) in [6, 6.07) is 1.56. The third-order valence-corrected chi connectivity index (χ3v) is 10.4. The van der Waals surface area contributed by atoms with E-state index in [0.29, 0.717) is 6.04 Å². The van der Waals surface area contributed by atoms with E-state index in [1.165, 1.54) is 6.04 Å². The lowest BCUT2D eigenvalue weighted by molar-refractivity contribution is 0.163. The molecule has 0 aromatic carbocycles. The van der Waals surface area contributed by atoms with Crippen LogP contribution in [0.2, 0.25) is 38.8 Å². The predicted molar refractivity (Wildman–Crippen MR) is 91.7 cm³/mol. The van der Waals surface area contributed by atoms with E-state index >= 15 is 0 Å². The summed E-state index contributed by atoms with van der Waals surface area (Å²) in [4.78, 5) is 0. The van der Waals surface area contributed by atoms with E-state index in [1.54, 1.807) is 0 Å². The molecule has 0 rings (SSSR count). The third kappa shape index (κ3) is 10.7. The van der Waals surface area contributed by atoms with Crippen LogP contribution < -0.4 is 9.96 Å². The molecule has 0 spiro atoms. The molecule has 19 heavy (non-hydrogen) atoms. The van der Waals surface area contributed by atoms with Gasteiger partial charge in [0.25, 0.3) is 0 Å². The minimum Gasteiger partial charge on any atom is -0.393 e. The highest BCUT2D eigenvalue weighted by Gasteiger charge is 2.34. The van der Waals surface area contributed by atoms with Crippen LogP contribution in [0.25, 0.3) is 0 Å². The van der Waals surface area contributed by atoms with Gasteiger partial charge in [-0.1, -0.05) is 32.7 Å². The van der Waals surface area contributed by atoms with Gasteiger partial charge in [0, 0.05) is 11.6 Å². The summed E-state index contributed by atoms with van der Waals surface area (Å²) >= 11 is 0. The smallest absolute Gasteiger partial charge is 0.114 e. The molecule has 0 aliphatic carbocycles. The monoisotopic (exact) mass is 304 g/mol. The van der Waals surface area contributed by atoms with Crippen molar-refractivity contribution in [2.45, 2.75) is 90.6 Å². The van der Waals surface area contributed by atoms with Crippen LogP contribution in [0.4, 0.5) is 0 Å². The van der Waals surface area contributed by atoms with Crippen LogP contribution in [0, 0.1) is 0 Å². The van der Waals surface area contributed by atoms with E-state index in [4.69, 9.17) is 0 Å². The Morgan fingerprint density at radius 1 is 1.05 bits per heavy atom. The average molecular weight is 305 g/mol. The van der Waals surface area contributed by atoms with Crippen LogP contribution in [-0.2, 0) is 0 Å². The van der Waals surface area contributed by atoms with Crippen molar-refractivity contribution in [3.05, 3.63) is 0 Å². The zero-order valence-electron chi connectivity index (χ0n) is 14.5. The fraction of sp³-hybridized carbons (Fsp3) is 1.00. The van der Waals surface area contributed by atoms with Crippen LogP contribution in [0.15, 0.2) is 0 Å². The number of hydrogen-bond acceptors (Lipinski definition) is 3. The number of rotatable bonds is 8. The molecule has 0 saturated heterocycles. The maximum atomic E-state index is 9.47. The molecule has 0 heterocycles. The highest BCUT2D eigenvalue weighted by atomic mass is 28.4. The Hall–Kier alpha value is 0.314. The van der Waals surface area contributed by atoms with Gasteiger partial charge in [-0.3, -0.25) is 0 Å². The molecule has 0 amide bonds. The lowest BCUT2D eigenvalue weighted by Crippen LogP contribution is -2.61. The largest absolute Gasteiger partial charge is 0.393 e. The lowest BCUT2D eigenvalue weighted by Gasteiger charge is -2.40. The zero-order chi connectivity index (χ0) is 15.5. The minimum atomic E-state index is -1.39. The molecule has 0 aliphatic rings. The molecule has 3 N–H and O–H groups in total. The maximum Gasteiger partial charge on any atom is 0.114 e. The molecule has 2 atom stereocenters. The molecule has 0 bridgehead atoms. The van der Waals surface area contributed by atoms with E-state index in [0.717, 1.165) is 6.42 Å². The summed E-state index contributed by atoms with van der Waals surface area (Å²) in [6.45, 7) is 20.6. The summed E-state index contributed by atoms with van der Waals surface area (Å²) in [6.07, 6.45) is 0.580. The first-order valence-corrected chi connectivity index (χ1v) is 14.2. The predicted octanol–water partition coefficient (Wildman–Crippen LogP) is 3.14. The molecule has 116 valence electrons. The average Bonchev–Trinajstić information content (AvgIpc) is 1.89. The van der Waals surface area contributed by atoms with Gasteiger partial charge in [0.1, 0.15) is 16.5 Å². The summed E-state index contributed by atoms with van der Waals surface area (Å²) < 4.78 is 3.95. The van der Waals surface area contributed by atoms with Crippen molar-refractivity contribution < 1.29 is 5.11 Å². The van der Waals surface area contributed by atoms with Crippen LogP contribution in [0.3, 0.4) is 0 Å². The highest BCUT2D eigenvalue weighted by molar-refractivity contribution is 6.90. The van der Waals surface area contributed by atoms with Gasteiger partial charge in [0.05, 0.1) is 6.10 Å². The fourth-order valence-electron chi connectivity index (χ4n) is 3.45. The second-order valence-corrected chi connectivity index (χ2v) is 18.1. The Balaban J connectivity index is 4.49. The summed E-state index contributed by atoms with van der Waals surface area (Å²) in [5.74, 6) is 0. The van der Waals surface area contributed by atoms with Crippen molar-refractivity contribution in [1.82, 2.24) is 9.96 Å². The molecule has 3 nitrogen and oxygen atoms in total. The molecule has 0 fully saturated rings. The normalized spacial score (nSPS) is 17.4. The Bertz CT molecular complexity index is 273. The first kappa shape index (κ1) is 19.3. The first-order valence-electron chi connectivity index (χ1n) is 7.48. The van der Waals surface area contributed by atoms with E-state index in [9.17, 15) is 5.11 Å². The molecule has 2 unspecified atom stereocenters. The second-order valence-electron chi connectivity index (χ2n) is 8.45. The van der Waals surface area contributed by atoms with Gasteiger partial charge in [0.15, 0.2) is 0 Å². The van der Waals surface area contributed by atoms with Crippen molar-refractivity contribution >= 4 is 16.5 Å². The van der Waals surface area contributed by atoms with E-state index in [-0.39, 0.29) is 11.6 Å². The SMILES string of the molecule is CC(O)CC(C)NC(C)(C)C[Si](C)(C)N[Si](C)(C)C. The molecular formula is C14H36N2OSi2. The lowest BCUT2D eigenvalue weighted by atomic mass is 10.0. The van der Waals surface area contributed by atoms with E-state index in [1.807, 2.05) is 6.92 Å². The van der Waals surface area contributed by atoms with Gasteiger partial charge >= 0.3 is 0 Å². The maximum absolute atomic E-state index is 9.47. The summed E-state index contributed by atoms with van der Waals surface area (Å²) in [5, 5.41) is 13.1. The second kappa shape index (κ2) is 6.85. The quantitative estimate of drug-likeness (QED) is 0.604. The molecule has 0 aromatic heterocycles. The Morgan fingerprint density at radius 2 is 1.53 bits per heavy atom. The number of aliphatic hydroxyl groups excluding tert-OH is 1. The molecule has 5 heteroatoms. The first-order chi connectivity index (χ1) is 8.22. The van der Waals surface area contributed by atoms with Crippen molar-refractivity contribution in [2.24, 2.45) is 0 Å². The van der Waals surface area contributed by atoms with Gasteiger partial charge < -0.3 is 15.1 Å². The number of nitrogens with one attached hydrogen (secondary N) is 2. The van der Waals surface area contributed by atoms with Gasteiger partial charge in [-0.05, 0) is 40.2 Å². The highest BCUT2D eigenvalue weighted by Crippen LogP contribution is 2.21. The van der Waals surface area contributed by atoms with Crippen LogP contribution >= 0.6 is 0 Å². The fourth-order valence-corrected chi connectivity index (χ4v) is 14.2. The van der Waals surface area contributed by atoms with Crippen molar-refractivity contribution in [3.63, 3.8) is 0 Å². The number of aliphatic hydroxyl groups is 1. The van der Waals surface area contributed by atoms with E-state index in [2.05, 4.69) is 63.5 Å². The van der Waals surface area contributed by atoms with E-state index < -0.39 is 16.5 Å². The zero-order valence-corrected chi connectivity index (χ0v) is 16.5. The van der Waals surface area contributed by atoms with Gasteiger partial charge in [-0.2, -0.15) is 0 Å². The van der Waals surface area contributed by atoms with Crippen molar-refractivity contribution in [1.29, 1.82) is 0 Å². The molecular weight excluding hydrogens is 268 g/mol. The van der Waals surface area contributed by atoms with Crippen LogP contribution in [-0.4, -0.2) is 39.3 Å². The van der Waals surface area contributed by atoms with Gasteiger partial charge in [-0.25, -0.2) is 0 Å². The minimum absolute atomic E-state index is 0.122. The third-order valence-electron chi connectivity index (χ3n) is 2.93. The summed E-state index contributed by atoms with van der Waals surface area (Å²) in [5.41, 5.74) is 0.122. The van der Waals surface area contributed by atoms with Crippen molar-refractivity contribution in [3.8, 4) is 0 Å². The molecule has 0 radical (unpaired) electrons. The van der Waals surface area contributed by atoms with Crippen LogP contribution in [0.1, 0.15) is 34.1 Å². The van der Waals surface area contributed by atoms with Gasteiger partial charge in [0.2, 0.25) is 0 Å². The molecule has 0 saturated carbocycles. The van der Waals surface area contributed by atoms with Crippen molar-refractivity contribution in [2.75, 3.05) is 0 Å². The Kier molecular flexibility index (Phi) is 6.96. The summed E-state index contributed by atoms with van der Waals surface area (Å²) in [7, 11) is -2.61. The molecule has 0 aliphatic heterocycles. The van der Waals surface area contributed by atoms with Gasteiger partial charge in [-0.15, -0.1) is 0 Å². The topological polar surface area (TPSA) is 44.3 Å². The Labute approximate surface area is 122 Å².